The average molecular weight is 426 g/mol. The van der Waals surface area contributed by atoms with E-state index in [1.807, 2.05) is 61.5 Å². The van der Waals surface area contributed by atoms with Crippen molar-refractivity contribution >= 4 is 28.6 Å². The van der Waals surface area contributed by atoms with Gasteiger partial charge in [0.1, 0.15) is 11.9 Å². The zero-order chi connectivity index (χ0) is 16.8. The number of primary amides is 1. The minimum atomic E-state index is -0.871. The molecule has 2 amide bonds. The van der Waals surface area contributed by atoms with Crippen molar-refractivity contribution in [2.24, 2.45) is 5.73 Å². The van der Waals surface area contributed by atoms with Gasteiger partial charge in [-0.25, -0.2) is 4.79 Å². The van der Waals surface area contributed by atoms with Crippen molar-refractivity contribution in [3.05, 3.63) is 65.7 Å². The van der Waals surface area contributed by atoms with E-state index in [1.165, 1.54) is 0 Å². The van der Waals surface area contributed by atoms with Gasteiger partial charge in [0.05, 0.1) is 6.04 Å². The molecule has 2 aromatic rings. The molecule has 5 nitrogen and oxygen atoms in total. The topological polar surface area (TPSA) is 75.8 Å². The number of nitrogens with zero attached hydrogens (tertiary/aromatic N) is 1. The van der Waals surface area contributed by atoms with Crippen molar-refractivity contribution in [3.8, 4) is 5.75 Å². The van der Waals surface area contributed by atoms with E-state index in [4.69, 9.17) is 10.5 Å². The number of carbonyl (C=O) groups excluding carboxylic acids is 1. The number of nitrogens with two attached hydrogens (primary N) is 1. The zero-order valence-corrected chi connectivity index (χ0v) is 14.9. The van der Waals surface area contributed by atoms with Crippen molar-refractivity contribution in [1.29, 1.82) is 0 Å². The summed E-state index contributed by atoms with van der Waals surface area (Å²) in [5.41, 5.74) is 7.01. The molecule has 2 rings (SSSR count). The summed E-state index contributed by atoms with van der Waals surface area (Å²) in [4.78, 5) is 11.1. The molecule has 0 aromatic heterocycles. The number of amides is 2. The molecule has 122 valence electrons. The van der Waals surface area contributed by atoms with E-state index >= 15 is 0 Å². The van der Waals surface area contributed by atoms with Crippen LogP contribution in [0.5, 0.6) is 5.75 Å². The molecular formula is C17H19IN2O3. The quantitative estimate of drug-likeness (QED) is 0.317. The van der Waals surface area contributed by atoms with Crippen LogP contribution in [0.25, 0.3) is 0 Å². The first-order valence-electron chi connectivity index (χ1n) is 7.18. The first-order chi connectivity index (χ1) is 11.0. The van der Waals surface area contributed by atoms with Gasteiger partial charge in [-0.15, -0.1) is 0 Å². The number of rotatable bonds is 6. The Balaban J connectivity index is 2.08. The second-order valence-corrected chi connectivity index (χ2v) is 5.97. The Labute approximate surface area is 149 Å². The molecule has 2 aromatic carbocycles. The van der Waals surface area contributed by atoms with E-state index in [2.05, 4.69) is 22.6 Å². The second-order valence-electron chi connectivity index (χ2n) is 5.09. The van der Waals surface area contributed by atoms with Gasteiger partial charge in [-0.05, 0) is 30.2 Å². The Kier molecular flexibility index (Phi) is 6.23. The molecular weight excluding hydrogens is 407 g/mol. The molecule has 0 aliphatic rings. The molecule has 0 radical (unpaired) electrons. The largest absolute Gasteiger partial charge is 0.486 e. The second kappa shape index (κ2) is 8.16. The van der Waals surface area contributed by atoms with Crippen LogP contribution in [0.3, 0.4) is 0 Å². The number of hydrogen-bond acceptors (Lipinski definition) is 3. The van der Waals surface area contributed by atoms with Crippen molar-refractivity contribution in [2.45, 2.75) is 19.1 Å². The fourth-order valence-electron chi connectivity index (χ4n) is 2.21. The predicted octanol–water partition coefficient (Wildman–Crippen LogP) is 4.07. The van der Waals surface area contributed by atoms with Crippen LogP contribution in [0.2, 0.25) is 0 Å². The molecule has 6 heteroatoms. The lowest BCUT2D eigenvalue weighted by Crippen LogP contribution is -2.36. The highest BCUT2D eigenvalue weighted by molar-refractivity contribution is 14.1. The average Bonchev–Trinajstić information content (AvgIpc) is 2.57. The third-order valence-corrected chi connectivity index (χ3v) is 4.35. The normalized spacial score (nSPS) is 13.2. The summed E-state index contributed by atoms with van der Waals surface area (Å²) in [6, 6.07) is 15.9. The summed E-state index contributed by atoms with van der Waals surface area (Å²) in [7, 11) is 0. The first-order valence-corrected chi connectivity index (χ1v) is 8.70. The van der Waals surface area contributed by atoms with Gasteiger partial charge in [0.2, 0.25) is 0 Å². The van der Waals surface area contributed by atoms with Crippen molar-refractivity contribution in [1.82, 2.24) is 5.06 Å². The van der Waals surface area contributed by atoms with E-state index in [0.717, 1.165) is 16.9 Å². The first kappa shape index (κ1) is 17.6. The summed E-state index contributed by atoms with van der Waals surface area (Å²) in [6.07, 6.45) is -0.0672. The van der Waals surface area contributed by atoms with E-state index in [9.17, 15) is 10.0 Å². The molecule has 0 aliphatic heterocycles. The number of benzene rings is 2. The summed E-state index contributed by atoms with van der Waals surface area (Å²) < 4.78 is 6.43. The smallest absolute Gasteiger partial charge is 0.339 e. The fraction of sp³-hybridized carbons (Fsp3) is 0.235. The van der Waals surface area contributed by atoms with Crippen molar-refractivity contribution in [2.75, 3.05) is 4.43 Å². The molecule has 0 spiro atoms. The van der Waals surface area contributed by atoms with Gasteiger partial charge in [0.15, 0.2) is 0 Å². The predicted molar refractivity (Wildman–Crippen MR) is 96.8 cm³/mol. The number of carbonyl (C=O) groups is 1. The monoisotopic (exact) mass is 426 g/mol. The zero-order valence-electron chi connectivity index (χ0n) is 12.7. The molecule has 3 N–H and O–H groups in total. The van der Waals surface area contributed by atoms with Gasteiger partial charge in [-0.2, -0.15) is 5.06 Å². The Morgan fingerprint density at radius 3 is 2.30 bits per heavy atom. The lowest BCUT2D eigenvalue weighted by molar-refractivity contribution is -0.0687. The molecule has 0 saturated carbocycles. The summed E-state index contributed by atoms with van der Waals surface area (Å²) in [5.74, 6) is 0.723. The molecule has 2 unspecified atom stereocenters. The maximum absolute atomic E-state index is 11.1. The minimum absolute atomic E-state index is 0.0672. The van der Waals surface area contributed by atoms with Crippen LogP contribution in [-0.2, 0) is 0 Å². The van der Waals surface area contributed by atoms with Gasteiger partial charge in [0.25, 0.3) is 0 Å². The number of ether oxygens (including phenoxy) is 1. The molecule has 0 heterocycles. The Hall–Kier alpha value is -1.80. The van der Waals surface area contributed by atoms with Gasteiger partial charge >= 0.3 is 6.03 Å². The van der Waals surface area contributed by atoms with Crippen LogP contribution in [0.15, 0.2) is 54.6 Å². The molecule has 0 fully saturated rings. The maximum atomic E-state index is 11.1. The number of alkyl halides is 1. The van der Waals surface area contributed by atoms with E-state index in [1.54, 1.807) is 0 Å². The van der Waals surface area contributed by atoms with Gasteiger partial charge in [-0.3, -0.25) is 5.21 Å². The molecule has 0 saturated heterocycles. The Morgan fingerprint density at radius 2 is 1.78 bits per heavy atom. The van der Waals surface area contributed by atoms with Gasteiger partial charge in [0, 0.05) is 4.43 Å². The third-order valence-electron chi connectivity index (χ3n) is 3.51. The lowest BCUT2D eigenvalue weighted by atomic mass is 10.1. The SMILES string of the molecule is CC(Oc1ccc(C(CI)N(O)C(N)=O)cc1)c1ccccc1. The van der Waals surface area contributed by atoms with Crippen LogP contribution >= 0.6 is 22.6 Å². The third kappa shape index (κ3) is 4.59. The van der Waals surface area contributed by atoms with E-state index in [-0.39, 0.29) is 6.10 Å². The van der Waals surface area contributed by atoms with E-state index in [0.29, 0.717) is 9.49 Å². The molecule has 0 aliphatic carbocycles. The molecule has 2 atom stereocenters. The van der Waals surface area contributed by atoms with Crippen LogP contribution in [0, 0.1) is 0 Å². The summed E-state index contributed by atoms with van der Waals surface area (Å²) in [5, 5.41) is 10.3. The van der Waals surface area contributed by atoms with E-state index < -0.39 is 12.1 Å². The van der Waals surface area contributed by atoms with Crippen LogP contribution in [0.1, 0.15) is 30.2 Å². The van der Waals surface area contributed by atoms with Crippen molar-refractivity contribution < 1.29 is 14.7 Å². The minimum Gasteiger partial charge on any atom is -0.486 e. The summed E-state index contributed by atoms with van der Waals surface area (Å²) in [6.45, 7) is 1.99. The van der Waals surface area contributed by atoms with Crippen molar-refractivity contribution in [3.63, 3.8) is 0 Å². The summed E-state index contributed by atoms with van der Waals surface area (Å²) >= 11 is 2.10. The van der Waals surface area contributed by atoms with Gasteiger partial charge in [-0.1, -0.05) is 65.1 Å². The van der Waals surface area contributed by atoms with Crippen LogP contribution < -0.4 is 10.5 Å². The molecule has 23 heavy (non-hydrogen) atoms. The highest BCUT2D eigenvalue weighted by Crippen LogP contribution is 2.26. The number of urea groups is 1. The Morgan fingerprint density at radius 1 is 1.17 bits per heavy atom. The lowest BCUT2D eigenvalue weighted by Gasteiger charge is -2.23. The number of hydroxylamine groups is 2. The standard InChI is InChI=1S/C17H19IN2O3/c1-12(13-5-3-2-4-6-13)23-15-9-7-14(8-10-15)16(11-18)20(22)17(19)21/h2-10,12,16,22H,11H2,1H3,(H2,19,21). The van der Waals surface area contributed by atoms with Gasteiger partial charge < -0.3 is 10.5 Å². The number of hydrogen-bond donors (Lipinski definition) is 2. The van der Waals surface area contributed by atoms with Crippen LogP contribution in [0.4, 0.5) is 4.79 Å². The fourth-order valence-corrected chi connectivity index (χ4v) is 3.10. The Bertz CT molecular complexity index is 634. The number of halogens is 1. The highest BCUT2D eigenvalue weighted by atomic mass is 127. The van der Waals surface area contributed by atoms with Crippen LogP contribution in [-0.4, -0.2) is 20.7 Å². The highest BCUT2D eigenvalue weighted by Gasteiger charge is 2.21. The molecule has 0 bridgehead atoms. The maximum Gasteiger partial charge on any atom is 0.339 e.